The molecule has 7 heteroatoms. The van der Waals surface area contributed by atoms with Crippen LogP contribution in [0.2, 0.25) is 0 Å². The molecule has 7 nitrogen and oxygen atoms in total. The summed E-state index contributed by atoms with van der Waals surface area (Å²) in [5, 5.41) is 3.13. The number of aromatic nitrogens is 1. The quantitative estimate of drug-likeness (QED) is 0.686. The van der Waals surface area contributed by atoms with E-state index >= 15 is 0 Å². The maximum atomic E-state index is 13.3. The highest BCUT2D eigenvalue weighted by Crippen LogP contribution is 2.34. The zero-order valence-corrected chi connectivity index (χ0v) is 20.1. The summed E-state index contributed by atoms with van der Waals surface area (Å²) in [4.78, 5) is 42.7. The van der Waals surface area contributed by atoms with Gasteiger partial charge in [-0.2, -0.15) is 0 Å². The lowest BCUT2D eigenvalue weighted by molar-refractivity contribution is -0.127. The Bertz CT molecular complexity index is 1140. The average Bonchev–Trinajstić information content (AvgIpc) is 3.16. The van der Waals surface area contributed by atoms with Gasteiger partial charge in [0, 0.05) is 62.5 Å². The maximum absolute atomic E-state index is 13.3. The predicted molar refractivity (Wildman–Crippen MR) is 131 cm³/mol. The first-order chi connectivity index (χ1) is 16.5. The van der Waals surface area contributed by atoms with Crippen LogP contribution in [0.4, 0.5) is 0 Å². The predicted octanol–water partition coefficient (Wildman–Crippen LogP) is 2.45. The van der Waals surface area contributed by atoms with Gasteiger partial charge in [0.1, 0.15) is 6.04 Å². The number of carbonyl (C=O) groups is 2. The monoisotopic (exact) mass is 462 g/mol. The average molecular weight is 463 g/mol. The number of rotatable bonds is 7. The van der Waals surface area contributed by atoms with Crippen LogP contribution in [0.15, 0.2) is 47.3 Å². The van der Waals surface area contributed by atoms with Crippen molar-refractivity contribution < 1.29 is 9.59 Å². The van der Waals surface area contributed by atoms with E-state index in [1.807, 2.05) is 41.8 Å². The second kappa shape index (κ2) is 9.37. The van der Waals surface area contributed by atoms with Crippen LogP contribution < -0.4 is 10.9 Å². The van der Waals surface area contributed by atoms with Gasteiger partial charge in [0.25, 0.3) is 11.5 Å². The van der Waals surface area contributed by atoms with Gasteiger partial charge >= 0.3 is 0 Å². The summed E-state index contributed by atoms with van der Waals surface area (Å²) in [7, 11) is 0. The van der Waals surface area contributed by atoms with Crippen molar-refractivity contribution >= 4 is 11.8 Å². The zero-order valence-electron chi connectivity index (χ0n) is 20.1. The number of hydrogen-bond donors (Lipinski definition) is 1. The number of likely N-dealkylation sites (tertiary alicyclic amines) is 1. The lowest BCUT2D eigenvalue weighted by atomic mass is 9.83. The van der Waals surface area contributed by atoms with Crippen molar-refractivity contribution in [1.82, 2.24) is 19.7 Å². The van der Waals surface area contributed by atoms with Crippen molar-refractivity contribution in [2.45, 2.75) is 51.7 Å². The molecule has 1 N–H and O–H groups in total. The molecule has 34 heavy (non-hydrogen) atoms. The number of nitrogens with zero attached hydrogens (tertiary/aromatic N) is 3. The van der Waals surface area contributed by atoms with E-state index in [2.05, 4.69) is 23.2 Å². The molecular weight excluding hydrogens is 428 g/mol. The number of hydrogen-bond acceptors (Lipinski definition) is 4. The molecule has 1 aromatic carbocycles. The molecule has 1 fully saturated rings. The molecule has 0 spiro atoms. The van der Waals surface area contributed by atoms with Gasteiger partial charge in [-0.1, -0.05) is 44.5 Å². The largest absolute Gasteiger partial charge is 0.353 e. The van der Waals surface area contributed by atoms with Crippen LogP contribution in [-0.2, 0) is 17.9 Å². The molecule has 2 aromatic rings. The first-order valence-electron chi connectivity index (χ1n) is 12.5. The van der Waals surface area contributed by atoms with Gasteiger partial charge in [-0.05, 0) is 36.0 Å². The minimum atomic E-state index is -0.468. The van der Waals surface area contributed by atoms with E-state index in [0.717, 1.165) is 50.3 Å². The number of amides is 2. The van der Waals surface area contributed by atoms with Crippen LogP contribution in [-0.4, -0.2) is 58.4 Å². The van der Waals surface area contributed by atoms with Gasteiger partial charge in [0.15, 0.2) is 0 Å². The highest BCUT2D eigenvalue weighted by atomic mass is 16.2. The van der Waals surface area contributed by atoms with Gasteiger partial charge in [-0.3, -0.25) is 14.4 Å². The lowest BCUT2D eigenvalue weighted by Crippen LogP contribution is -2.52. The molecule has 0 radical (unpaired) electrons. The Morgan fingerprint density at radius 1 is 1.09 bits per heavy atom. The number of fused-ring (bicyclic) bond motifs is 5. The maximum Gasteiger partial charge on any atom is 0.255 e. The Kier molecular flexibility index (Phi) is 6.30. The van der Waals surface area contributed by atoms with Crippen molar-refractivity contribution in [3.8, 4) is 0 Å². The van der Waals surface area contributed by atoms with Crippen molar-refractivity contribution in [2.24, 2.45) is 11.8 Å². The second-order valence-electron chi connectivity index (χ2n) is 10.2. The highest BCUT2D eigenvalue weighted by molar-refractivity contribution is 6.01. The topological polar surface area (TPSA) is 74.7 Å². The summed E-state index contributed by atoms with van der Waals surface area (Å²) < 4.78 is 1.94. The van der Waals surface area contributed by atoms with E-state index in [4.69, 9.17) is 0 Å². The molecule has 0 aliphatic carbocycles. The van der Waals surface area contributed by atoms with E-state index < -0.39 is 6.04 Å². The van der Waals surface area contributed by atoms with Gasteiger partial charge < -0.3 is 19.7 Å². The number of nitrogens with one attached hydrogen (secondary N) is 1. The third-order valence-corrected chi connectivity index (χ3v) is 7.92. The SMILES string of the molecule is CC[C@H](C)[C@@H](C(=O)NCCN1C[C@@H]2C[C@H](C1)c1cccc(=O)n1C2)N1Cc2ccccc2C1=O. The smallest absolute Gasteiger partial charge is 0.255 e. The summed E-state index contributed by atoms with van der Waals surface area (Å²) >= 11 is 0. The summed E-state index contributed by atoms with van der Waals surface area (Å²) in [5.74, 6) is 0.794. The molecule has 1 aromatic heterocycles. The highest BCUT2D eigenvalue weighted by Gasteiger charge is 2.39. The van der Waals surface area contributed by atoms with Crippen LogP contribution >= 0.6 is 0 Å². The van der Waals surface area contributed by atoms with Gasteiger partial charge in [-0.25, -0.2) is 0 Å². The van der Waals surface area contributed by atoms with Crippen molar-refractivity contribution in [1.29, 1.82) is 0 Å². The Balaban J connectivity index is 1.21. The van der Waals surface area contributed by atoms with E-state index in [1.165, 1.54) is 0 Å². The molecule has 3 aliphatic heterocycles. The fourth-order valence-corrected chi connectivity index (χ4v) is 6.05. The first kappa shape index (κ1) is 22.8. The summed E-state index contributed by atoms with van der Waals surface area (Å²) in [6.45, 7) is 8.57. The molecule has 2 bridgehead atoms. The Hall–Kier alpha value is -2.93. The molecule has 4 atom stereocenters. The molecule has 180 valence electrons. The zero-order chi connectivity index (χ0) is 23.8. The first-order valence-corrected chi connectivity index (χ1v) is 12.5. The molecule has 5 rings (SSSR count). The van der Waals surface area contributed by atoms with Crippen LogP contribution in [0, 0.1) is 11.8 Å². The van der Waals surface area contributed by atoms with E-state index in [0.29, 0.717) is 30.5 Å². The fourth-order valence-electron chi connectivity index (χ4n) is 6.05. The summed E-state index contributed by atoms with van der Waals surface area (Å²) in [6.07, 6.45) is 1.95. The molecule has 1 saturated heterocycles. The van der Waals surface area contributed by atoms with Gasteiger partial charge in [0.2, 0.25) is 5.91 Å². The third-order valence-electron chi connectivity index (χ3n) is 7.92. The van der Waals surface area contributed by atoms with Crippen LogP contribution in [0.1, 0.15) is 54.2 Å². The normalized spacial score (nSPS) is 23.2. The minimum Gasteiger partial charge on any atom is -0.353 e. The van der Waals surface area contributed by atoms with Crippen molar-refractivity contribution in [3.63, 3.8) is 0 Å². The number of pyridine rings is 1. The molecule has 4 heterocycles. The standard InChI is InChI=1S/C27H34N4O3/c1-3-18(2)25(31-17-20-7-4-5-8-22(20)27(31)34)26(33)28-11-12-29-14-19-13-21(16-29)23-9-6-10-24(32)30(23)15-19/h4-10,18-19,21,25H,3,11-17H2,1-2H3,(H,28,33)/t18-,19-,21+,25-/m0/s1. The number of piperidine rings is 1. The van der Waals surface area contributed by atoms with E-state index in [1.54, 1.807) is 11.0 Å². The fraction of sp³-hybridized carbons (Fsp3) is 0.519. The second-order valence-corrected chi connectivity index (χ2v) is 10.2. The van der Waals surface area contributed by atoms with E-state index in [9.17, 15) is 14.4 Å². The van der Waals surface area contributed by atoms with Gasteiger partial charge in [0.05, 0.1) is 0 Å². The molecular formula is C27H34N4O3. The Morgan fingerprint density at radius 3 is 2.71 bits per heavy atom. The number of carbonyl (C=O) groups excluding carboxylic acids is 2. The third kappa shape index (κ3) is 4.17. The van der Waals surface area contributed by atoms with Crippen molar-refractivity contribution in [3.05, 3.63) is 69.6 Å². The molecule has 0 saturated carbocycles. The Labute approximate surface area is 200 Å². The minimum absolute atomic E-state index is 0.0474. The molecule has 2 amide bonds. The molecule has 0 unspecified atom stereocenters. The summed E-state index contributed by atoms with van der Waals surface area (Å²) in [5.41, 5.74) is 2.94. The summed E-state index contributed by atoms with van der Waals surface area (Å²) in [6, 6.07) is 12.8. The number of benzene rings is 1. The Morgan fingerprint density at radius 2 is 1.91 bits per heavy atom. The van der Waals surface area contributed by atoms with Crippen LogP contribution in [0.5, 0.6) is 0 Å². The van der Waals surface area contributed by atoms with Crippen molar-refractivity contribution in [2.75, 3.05) is 26.2 Å². The lowest BCUT2D eigenvalue weighted by Gasteiger charge is -2.42. The van der Waals surface area contributed by atoms with E-state index in [-0.39, 0.29) is 23.3 Å². The van der Waals surface area contributed by atoms with Crippen LogP contribution in [0.25, 0.3) is 0 Å². The van der Waals surface area contributed by atoms with Crippen LogP contribution in [0.3, 0.4) is 0 Å². The molecule has 3 aliphatic rings. The van der Waals surface area contributed by atoms with Gasteiger partial charge in [-0.15, -0.1) is 0 Å².